The minimum absolute atomic E-state index is 0.303. The topological polar surface area (TPSA) is 73.8 Å². The lowest BCUT2D eigenvalue weighted by Gasteiger charge is -2.13. The third-order valence-electron chi connectivity index (χ3n) is 5.02. The molecule has 0 aromatic heterocycles. The summed E-state index contributed by atoms with van der Waals surface area (Å²) in [5.74, 6) is 1.73. The van der Waals surface area contributed by atoms with Crippen molar-refractivity contribution in [2.45, 2.75) is 56.9 Å². The minimum Gasteiger partial charge on any atom is -0.357 e. The van der Waals surface area contributed by atoms with E-state index in [9.17, 15) is 8.42 Å². The molecule has 1 aromatic carbocycles. The second-order valence-electron chi connectivity index (χ2n) is 7.35. The maximum Gasteiger partial charge on any atom is 0.242 e. The van der Waals surface area contributed by atoms with E-state index in [4.69, 9.17) is 0 Å². The molecule has 0 amide bonds. The summed E-state index contributed by atoms with van der Waals surface area (Å²) in [5.41, 5.74) is 0.982. The standard InChI is InChI=1S/C20H34N4O2S/c1-4-21-20(22-15-7-10-17-8-5-6-9-17)23-16-18-11-13-19(14-12-18)27(25,26)24(2)3/h11-14,17H,4-10,15-16H2,1-3H3,(H2,21,22,23). The maximum absolute atomic E-state index is 12.1. The van der Waals surface area contributed by atoms with Gasteiger partial charge in [0.2, 0.25) is 10.0 Å². The van der Waals surface area contributed by atoms with Gasteiger partial charge in [-0.1, -0.05) is 37.8 Å². The highest BCUT2D eigenvalue weighted by atomic mass is 32.2. The van der Waals surface area contributed by atoms with Crippen molar-refractivity contribution in [1.29, 1.82) is 0 Å². The number of hydrogen-bond acceptors (Lipinski definition) is 3. The quantitative estimate of drug-likeness (QED) is 0.384. The van der Waals surface area contributed by atoms with E-state index in [1.807, 2.05) is 12.1 Å². The number of hydrogen-bond donors (Lipinski definition) is 2. The van der Waals surface area contributed by atoms with Crippen LogP contribution >= 0.6 is 0 Å². The number of nitrogens with zero attached hydrogens (tertiary/aromatic N) is 2. The van der Waals surface area contributed by atoms with E-state index in [0.717, 1.165) is 30.5 Å². The summed E-state index contributed by atoms with van der Waals surface area (Å²) in [7, 11) is -0.310. The molecule has 7 heteroatoms. The lowest BCUT2D eigenvalue weighted by molar-refractivity contribution is 0.481. The van der Waals surface area contributed by atoms with Crippen LogP contribution in [0.15, 0.2) is 34.2 Å². The molecule has 0 heterocycles. The van der Waals surface area contributed by atoms with Crippen molar-refractivity contribution in [3.8, 4) is 0 Å². The number of nitrogens with one attached hydrogen (secondary N) is 2. The SMILES string of the molecule is CCNC(=NCc1ccc(S(=O)(=O)N(C)C)cc1)NCCCC1CCCC1. The third kappa shape index (κ3) is 6.81. The van der Waals surface area contributed by atoms with Gasteiger partial charge in [0.05, 0.1) is 11.4 Å². The van der Waals surface area contributed by atoms with E-state index in [1.165, 1.54) is 56.9 Å². The van der Waals surface area contributed by atoms with Gasteiger partial charge >= 0.3 is 0 Å². The van der Waals surface area contributed by atoms with Crippen molar-refractivity contribution < 1.29 is 8.42 Å². The van der Waals surface area contributed by atoms with Gasteiger partial charge in [-0.3, -0.25) is 0 Å². The Balaban J connectivity index is 1.85. The van der Waals surface area contributed by atoms with E-state index in [0.29, 0.717) is 11.4 Å². The normalized spacial score (nSPS) is 16.1. The van der Waals surface area contributed by atoms with Crippen molar-refractivity contribution in [2.75, 3.05) is 27.2 Å². The van der Waals surface area contributed by atoms with Crippen molar-refractivity contribution in [3.05, 3.63) is 29.8 Å². The Morgan fingerprint density at radius 3 is 2.41 bits per heavy atom. The molecule has 2 N–H and O–H groups in total. The molecule has 1 fully saturated rings. The highest BCUT2D eigenvalue weighted by Gasteiger charge is 2.16. The Labute approximate surface area is 164 Å². The number of aliphatic imine (C=N–C) groups is 1. The van der Waals surface area contributed by atoms with Gasteiger partial charge in [-0.15, -0.1) is 0 Å². The van der Waals surface area contributed by atoms with Crippen molar-refractivity contribution in [1.82, 2.24) is 14.9 Å². The maximum atomic E-state index is 12.1. The molecular weight excluding hydrogens is 360 g/mol. The third-order valence-corrected chi connectivity index (χ3v) is 6.85. The summed E-state index contributed by atoms with van der Waals surface area (Å²) in [6.45, 7) is 4.31. The molecular formula is C20H34N4O2S. The monoisotopic (exact) mass is 394 g/mol. The summed E-state index contributed by atoms with van der Waals surface area (Å²) in [4.78, 5) is 4.92. The average Bonchev–Trinajstić information content (AvgIpc) is 3.17. The van der Waals surface area contributed by atoms with Gasteiger partial charge in [-0.25, -0.2) is 17.7 Å². The van der Waals surface area contributed by atoms with Gasteiger partial charge in [0.15, 0.2) is 5.96 Å². The van der Waals surface area contributed by atoms with Crippen molar-refractivity contribution in [2.24, 2.45) is 10.9 Å². The first-order valence-electron chi connectivity index (χ1n) is 9.97. The largest absolute Gasteiger partial charge is 0.357 e. The zero-order valence-electron chi connectivity index (χ0n) is 16.9. The molecule has 0 aliphatic heterocycles. The second-order valence-corrected chi connectivity index (χ2v) is 9.50. The number of sulfonamides is 1. The Bertz CT molecular complexity index is 693. The van der Waals surface area contributed by atoms with Crippen molar-refractivity contribution in [3.63, 3.8) is 0 Å². The van der Waals surface area contributed by atoms with Crippen LogP contribution in [0.4, 0.5) is 0 Å². The lowest BCUT2D eigenvalue weighted by atomic mass is 10.0. The molecule has 0 spiro atoms. The average molecular weight is 395 g/mol. The van der Waals surface area contributed by atoms with Gasteiger partial charge in [0.1, 0.15) is 0 Å². The highest BCUT2D eigenvalue weighted by molar-refractivity contribution is 7.89. The molecule has 0 saturated heterocycles. The van der Waals surface area contributed by atoms with Crippen molar-refractivity contribution >= 4 is 16.0 Å². The molecule has 152 valence electrons. The summed E-state index contributed by atoms with van der Waals surface area (Å²) >= 11 is 0. The zero-order chi connectivity index (χ0) is 19.7. The van der Waals surface area contributed by atoms with Gasteiger partial charge in [-0.2, -0.15) is 0 Å². The molecule has 6 nitrogen and oxygen atoms in total. The number of benzene rings is 1. The molecule has 2 rings (SSSR count). The van der Waals surface area contributed by atoms with Crippen LogP contribution in [0.25, 0.3) is 0 Å². The molecule has 0 bridgehead atoms. The first-order valence-corrected chi connectivity index (χ1v) is 11.4. The molecule has 0 radical (unpaired) electrons. The fraction of sp³-hybridized carbons (Fsp3) is 0.650. The van der Waals surface area contributed by atoms with E-state index >= 15 is 0 Å². The van der Waals surface area contributed by atoms with Crippen LogP contribution in [-0.4, -0.2) is 45.9 Å². The zero-order valence-corrected chi connectivity index (χ0v) is 17.7. The predicted molar refractivity (Wildman–Crippen MR) is 111 cm³/mol. The lowest BCUT2D eigenvalue weighted by Crippen LogP contribution is -2.37. The van der Waals surface area contributed by atoms with Gasteiger partial charge in [0.25, 0.3) is 0 Å². The summed E-state index contributed by atoms with van der Waals surface area (Å²) < 4.78 is 25.5. The second kappa shape index (κ2) is 10.7. The summed E-state index contributed by atoms with van der Waals surface area (Å²) in [6, 6.07) is 6.93. The van der Waals surface area contributed by atoms with E-state index in [-0.39, 0.29) is 0 Å². The van der Waals surface area contributed by atoms with Gasteiger partial charge in [0, 0.05) is 27.2 Å². The van der Waals surface area contributed by atoms with Crippen LogP contribution < -0.4 is 10.6 Å². The fourth-order valence-corrected chi connectivity index (χ4v) is 4.29. The molecule has 1 aliphatic carbocycles. The van der Waals surface area contributed by atoms with Crippen LogP contribution in [-0.2, 0) is 16.6 Å². The van der Waals surface area contributed by atoms with E-state index in [2.05, 4.69) is 22.5 Å². The minimum atomic E-state index is -3.38. The molecule has 1 aromatic rings. The number of rotatable bonds is 9. The van der Waals surface area contributed by atoms with Crippen LogP contribution in [0.1, 0.15) is 51.0 Å². The van der Waals surface area contributed by atoms with Crippen LogP contribution in [0, 0.1) is 5.92 Å². The Morgan fingerprint density at radius 2 is 1.81 bits per heavy atom. The Morgan fingerprint density at radius 1 is 1.15 bits per heavy atom. The first kappa shape index (κ1) is 21.7. The van der Waals surface area contributed by atoms with Gasteiger partial charge in [-0.05, 0) is 43.4 Å². The van der Waals surface area contributed by atoms with Gasteiger partial charge < -0.3 is 10.6 Å². The molecule has 27 heavy (non-hydrogen) atoms. The molecule has 0 atom stereocenters. The van der Waals surface area contributed by atoms with Crippen LogP contribution in [0.5, 0.6) is 0 Å². The molecule has 1 saturated carbocycles. The van der Waals surface area contributed by atoms with Crippen LogP contribution in [0.3, 0.4) is 0 Å². The van der Waals surface area contributed by atoms with Crippen LogP contribution in [0.2, 0.25) is 0 Å². The summed E-state index contributed by atoms with van der Waals surface area (Å²) in [6.07, 6.45) is 8.06. The molecule has 1 aliphatic rings. The predicted octanol–water partition coefficient (Wildman–Crippen LogP) is 2.96. The fourth-order valence-electron chi connectivity index (χ4n) is 3.39. The van der Waals surface area contributed by atoms with E-state index in [1.54, 1.807) is 12.1 Å². The summed E-state index contributed by atoms with van der Waals surface area (Å²) in [5, 5.41) is 6.67. The smallest absolute Gasteiger partial charge is 0.242 e. The first-order chi connectivity index (χ1) is 12.9. The Kier molecular flexibility index (Phi) is 8.57. The Hall–Kier alpha value is -1.60. The molecule has 0 unspecified atom stereocenters. The van der Waals surface area contributed by atoms with E-state index < -0.39 is 10.0 Å². The number of guanidine groups is 1. The highest BCUT2D eigenvalue weighted by Crippen LogP contribution is 2.28.